The van der Waals surface area contributed by atoms with E-state index in [4.69, 9.17) is 5.11 Å². The third-order valence-electron chi connectivity index (χ3n) is 4.41. The zero-order valence-corrected chi connectivity index (χ0v) is 10.8. The smallest absolute Gasteiger partial charge is 0.315 e. The molecule has 5 nitrogen and oxygen atoms in total. The molecule has 2 rings (SSSR count). The molecule has 102 valence electrons. The number of hydrogen-bond acceptors (Lipinski definition) is 2. The minimum absolute atomic E-state index is 0.207. The number of carboxylic acid groups (broad SMARTS) is 1. The summed E-state index contributed by atoms with van der Waals surface area (Å²) in [5.74, 6) is 0.0957. The maximum atomic E-state index is 11.7. The number of fused-ring (bicyclic) bond motifs is 2. The Morgan fingerprint density at radius 3 is 2.61 bits per heavy atom. The van der Waals surface area contributed by atoms with E-state index in [2.05, 4.69) is 10.6 Å². The Hall–Kier alpha value is -1.26. The summed E-state index contributed by atoms with van der Waals surface area (Å²) >= 11 is 0. The summed E-state index contributed by atoms with van der Waals surface area (Å²) in [5, 5.41) is 14.5. The SMILES string of the molecule is CCC(CNC(=O)NC1CC2CCC1C2)C(=O)O. The molecular weight excluding hydrogens is 232 g/mol. The van der Waals surface area contributed by atoms with Crippen LogP contribution in [-0.4, -0.2) is 29.7 Å². The number of carboxylic acids is 1. The number of urea groups is 1. The molecule has 5 heteroatoms. The van der Waals surface area contributed by atoms with Gasteiger partial charge in [0.2, 0.25) is 0 Å². The average Bonchev–Trinajstić information content (AvgIpc) is 2.91. The highest BCUT2D eigenvalue weighted by Crippen LogP contribution is 2.44. The van der Waals surface area contributed by atoms with E-state index in [1.54, 1.807) is 0 Å². The molecule has 0 saturated heterocycles. The van der Waals surface area contributed by atoms with Gasteiger partial charge in [-0.15, -0.1) is 0 Å². The molecule has 4 atom stereocenters. The van der Waals surface area contributed by atoms with E-state index >= 15 is 0 Å². The summed E-state index contributed by atoms with van der Waals surface area (Å²) in [5.41, 5.74) is 0. The molecule has 18 heavy (non-hydrogen) atoms. The first-order chi connectivity index (χ1) is 8.60. The van der Waals surface area contributed by atoms with Crippen LogP contribution in [0.1, 0.15) is 39.0 Å². The van der Waals surface area contributed by atoms with Gasteiger partial charge in [0.1, 0.15) is 0 Å². The molecule has 2 aliphatic rings. The number of carbonyl (C=O) groups is 2. The van der Waals surface area contributed by atoms with E-state index in [1.807, 2.05) is 6.92 Å². The van der Waals surface area contributed by atoms with Crippen LogP contribution in [-0.2, 0) is 4.79 Å². The molecule has 0 aromatic rings. The molecule has 0 spiro atoms. The molecule has 0 heterocycles. The van der Waals surface area contributed by atoms with Crippen molar-refractivity contribution in [3.8, 4) is 0 Å². The second kappa shape index (κ2) is 5.59. The Bertz CT molecular complexity index is 332. The van der Waals surface area contributed by atoms with Crippen molar-refractivity contribution in [1.82, 2.24) is 10.6 Å². The zero-order chi connectivity index (χ0) is 13.1. The van der Waals surface area contributed by atoms with Gasteiger partial charge >= 0.3 is 12.0 Å². The number of aliphatic carboxylic acids is 1. The van der Waals surface area contributed by atoms with Gasteiger partial charge < -0.3 is 15.7 Å². The number of hydrogen-bond donors (Lipinski definition) is 3. The Kier molecular flexibility index (Phi) is 4.09. The van der Waals surface area contributed by atoms with Crippen molar-refractivity contribution < 1.29 is 14.7 Å². The predicted octanol–water partition coefficient (Wildman–Crippen LogP) is 1.58. The van der Waals surface area contributed by atoms with Crippen molar-refractivity contribution >= 4 is 12.0 Å². The van der Waals surface area contributed by atoms with Crippen LogP contribution in [0.3, 0.4) is 0 Å². The third kappa shape index (κ3) is 2.94. The van der Waals surface area contributed by atoms with Crippen molar-refractivity contribution in [3.63, 3.8) is 0 Å². The van der Waals surface area contributed by atoms with Crippen molar-refractivity contribution in [2.45, 2.75) is 45.1 Å². The quantitative estimate of drug-likeness (QED) is 0.697. The molecule has 2 amide bonds. The van der Waals surface area contributed by atoms with Gasteiger partial charge in [0.15, 0.2) is 0 Å². The Labute approximate surface area is 107 Å². The maximum Gasteiger partial charge on any atom is 0.315 e. The summed E-state index contributed by atoms with van der Waals surface area (Å²) in [6, 6.07) is 0.0842. The lowest BCUT2D eigenvalue weighted by atomic mass is 9.95. The average molecular weight is 254 g/mol. The van der Waals surface area contributed by atoms with Gasteiger partial charge in [-0.25, -0.2) is 4.79 Å². The van der Waals surface area contributed by atoms with Gasteiger partial charge in [0.05, 0.1) is 5.92 Å². The maximum absolute atomic E-state index is 11.7. The van der Waals surface area contributed by atoms with E-state index in [9.17, 15) is 9.59 Å². The van der Waals surface area contributed by atoms with Crippen molar-refractivity contribution in [3.05, 3.63) is 0 Å². The van der Waals surface area contributed by atoms with E-state index < -0.39 is 11.9 Å². The number of amides is 2. The molecule has 3 N–H and O–H groups in total. The Balaban J connectivity index is 1.71. The van der Waals surface area contributed by atoms with E-state index in [0.29, 0.717) is 18.4 Å². The Morgan fingerprint density at radius 1 is 1.33 bits per heavy atom. The first kappa shape index (κ1) is 13.2. The monoisotopic (exact) mass is 254 g/mol. The minimum Gasteiger partial charge on any atom is -0.481 e. The van der Waals surface area contributed by atoms with Gasteiger partial charge in [0, 0.05) is 12.6 Å². The van der Waals surface area contributed by atoms with Gasteiger partial charge in [-0.05, 0) is 37.5 Å². The summed E-state index contributed by atoms with van der Waals surface area (Å²) in [7, 11) is 0. The van der Waals surface area contributed by atoms with Crippen molar-refractivity contribution in [2.24, 2.45) is 17.8 Å². The second-order valence-electron chi connectivity index (χ2n) is 5.58. The van der Waals surface area contributed by atoms with Crippen LogP contribution in [0.4, 0.5) is 4.79 Å². The fraction of sp³-hybridized carbons (Fsp3) is 0.846. The molecule has 4 unspecified atom stereocenters. The number of rotatable bonds is 5. The van der Waals surface area contributed by atoms with Crippen LogP contribution in [0.5, 0.6) is 0 Å². The van der Waals surface area contributed by atoms with Crippen LogP contribution >= 0.6 is 0 Å². The van der Waals surface area contributed by atoms with E-state index in [-0.39, 0.29) is 12.6 Å². The highest BCUT2D eigenvalue weighted by Gasteiger charge is 2.40. The summed E-state index contributed by atoms with van der Waals surface area (Å²) in [6.45, 7) is 2.02. The lowest BCUT2D eigenvalue weighted by Gasteiger charge is -2.23. The largest absolute Gasteiger partial charge is 0.481 e. The normalized spacial score (nSPS) is 31.1. The molecule has 2 saturated carbocycles. The van der Waals surface area contributed by atoms with E-state index in [0.717, 1.165) is 12.3 Å². The fourth-order valence-electron chi connectivity index (χ4n) is 3.26. The summed E-state index contributed by atoms with van der Waals surface area (Å²) < 4.78 is 0. The topological polar surface area (TPSA) is 78.4 Å². The highest BCUT2D eigenvalue weighted by molar-refractivity contribution is 5.76. The highest BCUT2D eigenvalue weighted by atomic mass is 16.4. The second-order valence-corrected chi connectivity index (χ2v) is 5.58. The molecule has 0 radical (unpaired) electrons. The van der Waals surface area contributed by atoms with Crippen LogP contribution in [0.25, 0.3) is 0 Å². The van der Waals surface area contributed by atoms with Crippen LogP contribution in [0.15, 0.2) is 0 Å². The number of nitrogens with one attached hydrogen (secondary N) is 2. The lowest BCUT2D eigenvalue weighted by molar-refractivity contribution is -0.141. The predicted molar refractivity (Wildman–Crippen MR) is 67.2 cm³/mol. The van der Waals surface area contributed by atoms with Gasteiger partial charge in [-0.2, -0.15) is 0 Å². The molecule has 2 bridgehead atoms. The molecular formula is C13H22N2O3. The summed E-state index contributed by atoms with van der Waals surface area (Å²) in [4.78, 5) is 22.5. The Morgan fingerprint density at radius 2 is 2.11 bits per heavy atom. The molecule has 0 aromatic carbocycles. The molecule has 0 aliphatic heterocycles. The van der Waals surface area contributed by atoms with Gasteiger partial charge in [-0.1, -0.05) is 13.3 Å². The molecule has 0 aromatic heterocycles. The zero-order valence-electron chi connectivity index (χ0n) is 10.8. The van der Waals surface area contributed by atoms with Gasteiger partial charge in [-0.3, -0.25) is 4.79 Å². The van der Waals surface area contributed by atoms with Crippen molar-refractivity contribution in [2.75, 3.05) is 6.54 Å². The molecule has 2 fully saturated rings. The first-order valence-corrected chi connectivity index (χ1v) is 6.87. The molecule has 2 aliphatic carbocycles. The van der Waals surface area contributed by atoms with Gasteiger partial charge in [0.25, 0.3) is 0 Å². The standard InChI is InChI=1S/C13H22N2O3/c1-2-9(12(16)17)7-14-13(18)15-11-6-8-3-4-10(11)5-8/h8-11H,2-7H2,1H3,(H,16,17)(H2,14,15,18). The van der Waals surface area contributed by atoms with Crippen LogP contribution in [0.2, 0.25) is 0 Å². The summed E-state index contributed by atoms with van der Waals surface area (Å²) in [6.07, 6.45) is 5.40. The minimum atomic E-state index is -0.849. The third-order valence-corrected chi connectivity index (χ3v) is 4.41. The lowest BCUT2D eigenvalue weighted by Crippen LogP contribution is -2.46. The fourth-order valence-corrected chi connectivity index (χ4v) is 3.26. The first-order valence-electron chi connectivity index (χ1n) is 6.87. The van der Waals surface area contributed by atoms with Crippen molar-refractivity contribution in [1.29, 1.82) is 0 Å². The van der Waals surface area contributed by atoms with Crippen LogP contribution < -0.4 is 10.6 Å². The van der Waals surface area contributed by atoms with Crippen LogP contribution in [0, 0.1) is 17.8 Å². The van der Waals surface area contributed by atoms with E-state index in [1.165, 1.54) is 19.3 Å². The number of carbonyl (C=O) groups excluding carboxylic acids is 1.